The topological polar surface area (TPSA) is 96.1 Å². The molecule has 0 unspecified atom stereocenters. The number of aromatic amines is 1. The van der Waals surface area contributed by atoms with Gasteiger partial charge in [0, 0.05) is 29.3 Å². The van der Waals surface area contributed by atoms with Crippen LogP contribution >= 0.6 is 0 Å². The van der Waals surface area contributed by atoms with Gasteiger partial charge in [0.25, 0.3) is 5.56 Å². The van der Waals surface area contributed by atoms with Crippen molar-refractivity contribution < 1.29 is 13.2 Å². The molecule has 1 saturated carbocycles. The number of rotatable bonds is 7. The highest BCUT2D eigenvalue weighted by atomic mass is 32.2. The van der Waals surface area contributed by atoms with E-state index in [0.29, 0.717) is 24.5 Å². The molecule has 2 heterocycles. The van der Waals surface area contributed by atoms with Crippen LogP contribution in [0.5, 0.6) is 0 Å². The summed E-state index contributed by atoms with van der Waals surface area (Å²) in [4.78, 5) is 27.6. The number of amides is 1. The van der Waals surface area contributed by atoms with Gasteiger partial charge in [-0.1, -0.05) is 54.6 Å². The molecular weight excluding hydrogens is 448 g/mol. The van der Waals surface area contributed by atoms with Gasteiger partial charge in [-0.05, 0) is 54.5 Å². The zero-order chi connectivity index (χ0) is 23.7. The molecule has 34 heavy (non-hydrogen) atoms. The van der Waals surface area contributed by atoms with Crippen LogP contribution in [-0.4, -0.2) is 25.4 Å². The van der Waals surface area contributed by atoms with E-state index in [4.69, 9.17) is 0 Å². The summed E-state index contributed by atoms with van der Waals surface area (Å²) in [5.41, 5.74) is 3.63. The smallest absolute Gasteiger partial charge is 0.251 e. The zero-order valence-electron chi connectivity index (χ0n) is 18.7. The van der Waals surface area contributed by atoms with Crippen LogP contribution < -0.4 is 10.9 Å². The van der Waals surface area contributed by atoms with Crippen molar-refractivity contribution in [1.82, 2.24) is 10.3 Å². The number of carbonyl (C=O) groups excluding carboxylic acids is 1. The van der Waals surface area contributed by atoms with Crippen molar-refractivity contribution in [3.8, 4) is 0 Å². The molecule has 0 spiro atoms. The number of nitrogens with one attached hydrogen (secondary N) is 2. The molecule has 5 rings (SSSR count). The lowest BCUT2D eigenvalue weighted by Gasteiger charge is -2.13. The quantitative estimate of drug-likeness (QED) is 0.542. The number of pyridine rings is 1. The third-order valence-electron chi connectivity index (χ3n) is 6.37. The molecule has 1 amide bonds. The summed E-state index contributed by atoms with van der Waals surface area (Å²) in [5, 5.41) is 2.94. The second-order valence-corrected chi connectivity index (χ2v) is 11.0. The van der Waals surface area contributed by atoms with E-state index in [9.17, 15) is 18.0 Å². The minimum absolute atomic E-state index is 0.000489. The molecule has 7 heteroatoms. The monoisotopic (exact) mass is 474 g/mol. The molecule has 1 aliphatic heterocycles. The van der Waals surface area contributed by atoms with Crippen molar-refractivity contribution >= 4 is 21.3 Å². The third-order valence-corrected chi connectivity index (χ3v) is 8.07. The molecule has 3 aromatic rings. The lowest BCUT2D eigenvalue weighted by atomic mass is 9.98. The highest BCUT2D eigenvalue weighted by Gasteiger charge is 2.27. The van der Waals surface area contributed by atoms with Gasteiger partial charge in [0.15, 0.2) is 9.84 Å². The van der Waals surface area contributed by atoms with Crippen LogP contribution in [0.1, 0.15) is 54.0 Å². The Labute approximate surface area is 198 Å². The number of hydrogen-bond donors (Lipinski definition) is 2. The Hall–Kier alpha value is -3.45. The number of sulfone groups is 1. The standard InChI is InChI=1S/C27H26N2O4S/c30-26-15-10-21(28-26)16-24(25-14-13-23(19-6-7-19)27(31)29-25)20-8-11-22(12-9-20)34(32,33)17-18-4-2-1-3-5-18/h1-5,8-9,11-14,16,19,21H,6-7,10,15,17H2,(H,28,30)(H,29,31)/b24-16-/t21-/m1/s1. The first-order valence-corrected chi connectivity index (χ1v) is 13.2. The third kappa shape index (κ3) is 4.89. The predicted octanol–water partition coefficient (Wildman–Crippen LogP) is 3.94. The molecule has 1 aromatic heterocycles. The summed E-state index contributed by atoms with van der Waals surface area (Å²) in [6, 6.07) is 19.4. The summed E-state index contributed by atoms with van der Waals surface area (Å²) in [6.45, 7) is 0. The van der Waals surface area contributed by atoms with E-state index < -0.39 is 9.84 Å². The Morgan fingerprint density at radius 3 is 2.26 bits per heavy atom. The van der Waals surface area contributed by atoms with Crippen molar-refractivity contribution in [2.24, 2.45) is 0 Å². The fourth-order valence-corrected chi connectivity index (χ4v) is 5.73. The highest BCUT2D eigenvalue weighted by Crippen LogP contribution is 2.38. The Balaban J connectivity index is 1.48. The largest absolute Gasteiger partial charge is 0.350 e. The lowest BCUT2D eigenvalue weighted by Crippen LogP contribution is -2.23. The minimum atomic E-state index is -3.50. The first-order valence-electron chi connectivity index (χ1n) is 11.5. The summed E-state index contributed by atoms with van der Waals surface area (Å²) < 4.78 is 25.8. The Morgan fingerprint density at radius 1 is 0.912 bits per heavy atom. The minimum Gasteiger partial charge on any atom is -0.350 e. The van der Waals surface area contributed by atoms with Gasteiger partial charge in [-0.2, -0.15) is 0 Å². The molecule has 6 nitrogen and oxygen atoms in total. The van der Waals surface area contributed by atoms with Crippen LogP contribution in [0, 0.1) is 0 Å². The predicted molar refractivity (Wildman–Crippen MR) is 131 cm³/mol. The van der Waals surface area contributed by atoms with Gasteiger partial charge in [-0.25, -0.2) is 8.42 Å². The molecule has 0 bridgehead atoms. The molecule has 174 valence electrons. The Bertz CT molecular complexity index is 1400. The normalized spacial score (nSPS) is 18.6. The highest BCUT2D eigenvalue weighted by molar-refractivity contribution is 7.90. The summed E-state index contributed by atoms with van der Waals surface area (Å²) in [5.74, 6) is 0.272. The Morgan fingerprint density at radius 2 is 1.65 bits per heavy atom. The van der Waals surface area contributed by atoms with E-state index in [-0.39, 0.29) is 28.2 Å². The number of H-pyrrole nitrogens is 1. The van der Waals surface area contributed by atoms with E-state index >= 15 is 0 Å². The van der Waals surface area contributed by atoms with Gasteiger partial charge < -0.3 is 10.3 Å². The lowest BCUT2D eigenvalue weighted by molar-refractivity contribution is -0.119. The van der Waals surface area contributed by atoms with Gasteiger partial charge in [0.05, 0.1) is 10.6 Å². The number of aromatic nitrogens is 1. The van der Waals surface area contributed by atoms with Crippen LogP contribution in [0.2, 0.25) is 0 Å². The van der Waals surface area contributed by atoms with Gasteiger partial charge in [0.2, 0.25) is 5.91 Å². The first-order chi connectivity index (χ1) is 16.4. The number of carbonyl (C=O) groups is 1. The Kier molecular flexibility index (Phi) is 5.96. The molecule has 1 atom stereocenters. The zero-order valence-corrected chi connectivity index (χ0v) is 19.5. The first kappa shape index (κ1) is 22.3. The van der Waals surface area contributed by atoms with Gasteiger partial charge in [-0.15, -0.1) is 0 Å². The molecular formula is C27H26N2O4S. The maximum Gasteiger partial charge on any atom is 0.251 e. The van der Waals surface area contributed by atoms with Crippen molar-refractivity contribution in [2.45, 2.75) is 48.3 Å². The van der Waals surface area contributed by atoms with Gasteiger partial charge in [0.1, 0.15) is 0 Å². The number of hydrogen-bond acceptors (Lipinski definition) is 4. The van der Waals surface area contributed by atoms with Crippen LogP contribution in [0.4, 0.5) is 0 Å². The molecule has 1 aliphatic carbocycles. The fourth-order valence-electron chi connectivity index (χ4n) is 4.38. The molecule has 2 aliphatic rings. The van der Waals surface area contributed by atoms with Crippen LogP contribution in [-0.2, 0) is 20.4 Å². The molecule has 1 saturated heterocycles. The van der Waals surface area contributed by atoms with Crippen molar-refractivity contribution in [3.05, 3.63) is 106 Å². The average Bonchev–Trinajstić information content (AvgIpc) is 3.58. The molecule has 2 N–H and O–H groups in total. The molecule has 0 radical (unpaired) electrons. The SMILES string of the molecule is O=C1CC[C@H](/C=C(/c2ccc(S(=O)(=O)Cc3ccccc3)cc2)c2ccc(C3CC3)c(=O)[nH]2)N1. The van der Waals surface area contributed by atoms with Crippen molar-refractivity contribution in [1.29, 1.82) is 0 Å². The number of benzene rings is 2. The van der Waals surface area contributed by atoms with E-state index in [1.54, 1.807) is 36.4 Å². The summed E-state index contributed by atoms with van der Waals surface area (Å²) in [7, 11) is -3.50. The van der Waals surface area contributed by atoms with Crippen LogP contribution in [0.15, 0.2) is 82.5 Å². The van der Waals surface area contributed by atoms with Crippen LogP contribution in [0.25, 0.3) is 5.57 Å². The average molecular weight is 475 g/mol. The van der Waals surface area contributed by atoms with Crippen LogP contribution in [0.3, 0.4) is 0 Å². The van der Waals surface area contributed by atoms with E-state index in [1.807, 2.05) is 36.4 Å². The van der Waals surface area contributed by atoms with Crippen molar-refractivity contribution in [3.63, 3.8) is 0 Å². The fraction of sp³-hybridized carbons (Fsp3) is 0.259. The van der Waals surface area contributed by atoms with E-state index in [2.05, 4.69) is 10.3 Å². The molecule has 2 fully saturated rings. The van der Waals surface area contributed by atoms with Gasteiger partial charge in [-0.3, -0.25) is 9.59 Å². The van der Waals surface area contributed by atoms with Crippen molar-refractivity contribution in [2.75, 3.05) is 0 Å². The van der Waals surface area contributed by atoms with E-state index in [0.717, 1.165) is 35.1 Å². The van der Waals surface area contributed by atoms with Gasteiger partial charge >= 0.3 is 0 Å². The summed E-state index contributed by atoms with van der Waals surface area (Å²) >= 11 is 0. The second-order valence-electron chi connectivity index (χ2n) is 8.99. The maximum atomic E-state index is 12.9. The maximum absolute atomic E-state index is 12.9. The van der Waals surface area contributed by atoms with E-state index in [1.165, 1.54) is 0 Å². The second kappa shape index (κ2) is 9.06. The summed E-state index contributed by atoms with van der Waals surface area (Å²) in [6.07, 6.45) is 5.16. The molecule has 2 aromatic carbocycles.